The first kappa shape index (κ1) is 13.2. The molecule has 0 saturated heterocycles. The molecule has 0 aliphatic carbocycles. The fourth-order valence-corrected chi connectivity index (χ4v) is 1.18. The summed E-state index contributed by atoms with van der Waals surface area (Å²) in [5.74, 6) is -1.37. The number of rotatable bonds is 5. The Labute approximate surface area is 99.5 Å². The van der Waals surface area contributed by atoms with Crippen molar-refractivity contribution in [3.05, 3.63) is 35.7 Å². The van der Waals surface area contributed by atoms with Crippen LogP contribution in [0.4, 0.5) is 4.39 Å². The Bertz CT molecular complexity index is 427. The zero-order valence-electron chi connectivity index (χ0n) is 9.81. The summed E-state index contributed by atoms with van der Waals surface area (Å²) in [6.45, 7) is 3.81. The minimum atomic E-state index is -1.06. The van der Waals surface area contributed by atoms with Crippen molar-refractivity contribution in [1.29, 1.82) is 0 Å². The quantitative estimate of drug-likeness (QED) is 0.802. The largest absolute Gasteiger partial charge is 0.488 e. The van der Waals surface area contributed by atoms with Gasteiger partial charge < -0.3 is 9.84 Å². The lowest BCUT2D eigenvalue weighted by Crippen LogP contribution is -2.10. The predicted molar refractivity (Wildman–Crippen MR) is 63.5 cm³/mol. The first-order chi connectivity index (χ1) is 8.02. The van der Waals surface area contributed by atoms with Gasteiger partial charge in [-0.15, -0.1) is 0 Å². The van der Waals surface area contributed by atoms with Crippen LogP contribution in [0.3, 0.4) is 0 Å². The van der Waals surface area contributed by atoms with Gasteiger partial charge in [-0.25, -0.2) is 9.18 Å². The molecule has 1 rings (SSSR count). The number of halogens is 1. The average molecular weight is 238 g/mol. The molecule has 0 fully saturated rings. The lowest BCUT2D eigenvalue weighted by Gasteiger charge is -2.13. The molecule has 1 aromatic rings. The van der Waals surface area contributed by atoms with Gasteiger partial charge in [-0.2, -0.15) is 0 Å². The third kappa shape index (κ3) is 4.26. The minimum absolute atomic E-state index is 0.0510. The van der Waals surface area contributed by atoms with E-state index in [9.17, 15) is 9.18 Å². The summed E-state index contributed by atoms with van der Waals surface area (Å²) < 4.78 is 18.9. The Morgan fingerprint density at radius 2 is 2.29 bits per heavy atom. The summed E-state index contributed by atoms with van der Waals surface area (Å²) in [7, 11) is 0. The van der Waals surface area contributed by atoms with E-state index in [-0.39, 0.29) is 11.9 Å². The summed E-state index contributed by atoms with van der Waals surface area (Å²) in [6.07, 6.45) is 3.03. The fraction of sp³-hybridized carbons (Fsp3) is 0.308. The van der Waals surface area contributed by atoms with Crippen LogP contribution in [0, 0.1) is 5.82 Å². The molecule has 0 aliphatic rings. The van der Waals surface area contributed by atoms with Crippen LogP contribution in [-0.4, -0.2) is 17.2 Å². The number of hydrogen-bond acceptors (Lipinski definition) is 2. The Hall–Kier alpha value is -1.84. The summed E-state index contributed by atoms with van der Waals surface area (Å²) in [6, 6.07) is 4.36. The van der Waals surface area contributed by atoms with Gasteiger partial charge in [0, 0.05) is 6.08 Å². The van der Waals surface area contributed by atoms with Crippen LogP contribution in [0.2, 0.25) is 0 Å². The van der Waals surface area contributed by atoms with E-state index in [1.807, 2.05) is 13.8 Å². The smallest absolute Gasteiger partial charge is 0.328 e. The summed E-state index contributed by atoms with van der Waals surface area (Å²) in [5.41, 5.74) is 0.487. The number of carbonyl (C=O) groups is 1. The maximum absolute atomic E-state index is 13.6. The van der Waals surface area contributed by atoms with Crippen LogP contribution in [-0.2, 0) is 4.79 Å². The Morgan fingerprint density at radius 1 is 1.59 bits per heavy atom. The zero-order valence-corrected chi connectivity index (χ0v) is 9.81. The standard InChI is InChI=1S/C13H15FO3/c1-3-9(2)17-12-6-4-10(8-11(12)14)5-7-13(15)16/h4-9H,3H2,1-2H3,(H,15,16)/b7-5+. The monoisotopic (exact) mass is 238 g/mol. The molecule has 0 spiro atoms. The molecule has 0 heterocycles. The lowest BCUT2D eigenvalue weighted by atomic mass is 10.2. The van der Waals surface area contributed by atoms with E-state index >= 15 is 0 Å². The number of carboxylic acids is 1. The van der Waals surface area contributed by atoms with Crippen LogP contribution in [0.1, 0.15) is 25.8 Å². The van der Waals surface area contributed by atoms with E-state index in [0.717, 1.165) is 12.5 Å². The van der Waals surface area contributed by atoms with Gasteiger partial charge in [-0.3, -0.25) is 0 Å². The molecule has 0 bridgehead atoms. The molecule has 3 nitrogen and oxygen atoms in total. The van der Waals surface area contributed by atoms with Gasteiger partial charge in [0.15, 0.2) is 11.6 Å². The molecule has 1 unspecified atom stereocenters. The highest BCUT2D eigenvalue weighted by Gasteiger charge is 2.07. The fourth-order valence-electron chi connectivity index (χ4n) is 1.18. The molecule has 0 radical (unpaired) electrons. The van der Waals surface area contributed by atoms with Gasteiger partial charge in [0.1, 0.15) is 0 Å². The molecule has 0 saturated carbocycles. The van der Waals surface area contributed by atoms with Gasteiger partial charge in [0.25, 0.3) is 0 Å². The molecule has 1 N–H and O–H groups in total. The lowest BCUT2D eigenvalue weighted by molar-refractivity contribution is -0.131. The molecule has 92 valence electrons. The molecular weight excluding hydrogens is 223 g/mol. The molecular formula is C13H15FO3. The average Bonchev–Trinajstić information content (AvgIpc) is 2.29. The van der Waals surface area contributed by atoms with E-state index in [1.54, 1.807) is 6.07 Å². The number of aliphatic carboxylic acids is 1. The zero-order chi connectivity index (χ0) is 12.8. The number of hydrogen-bond donors (Lipinski definition) is 1. The summed E-state index contributed by atoms with van der Waals surface area (Å²) in [5, 5.41) is 8.44. The SMILES string of the molecule is CCC(C)Oc1ccc(/C=C/C(=O)O)cc1F. The summed E-state index contributed by atoms with van der Waals surface area (Å²) >= 11 is 0. The van der Waals surface area contributed by atoms with Gasteiger partial charge in [0.2, 0.25) is 0 Å². The van der Waals surface area contributed by atoms with Crippen molar-refractivity contribution < 1.29 is 19.0 Å². The third-order valence-corrected chi connectivity index (χ3v) is 2.28. The topological polar surface area (TPSA) is 46.5 Å². The van der Waals surface area contributed by atoms with Crippen molar-refractivity contribution in [2.45, 2.75) is 26.4 Å². The van der Waals surface area contributed by atoms with Crippen LogP contribution < -0.4 is 4.74 Å². The van der Waals surface area contributed by atoms with Crippen molar-refractivity contribution in [2.24, 2.45) is 0 Å². The first-order valence-electron chi connectivity index (χ1n) is 5.40. The van der Waals surface area contributed by atoms with E-state index in [1.165, 1.54) is 18.2 Å². The van der Waals surface area contributed by atoms with E-state index in [0.29, 0.717) is 5.56 Å². The second-order valence-corrected chi connectivity index (χ2v) is 3.70. The maximum Gasteiger partial charge on any atom is 0.328 e. The van der Waals surface area contributed by atoms with Crippen molar-refractivity contribution in [2.75, 3.05) is 0 Å². The molecule has 0 amide bonds. The summed E-state index contributed by atoms with van der Waals surface area (Å²) in [4.78, 5) is 10.3. The number of carboxylic acid groups (broad SMARTS) is 1. The molecule has 0 aliphatic heterocycles. The van der Waals surface area contributed by atoms with E-state index in [2.05, 4.69) is 0 Å². The predicted octanol–water partition coefficient (Wildman–Crippen LogP) is 3.10. The molecule has 1 atom stereocenters. The van der Waals surface area contributed by atoms with Gasteiger partial charge in [0.05, 0.1) is 6.10 Å². The van der Waals surface area contributed by atoms with Gasteiger partial charge >= 0.3 is 5.97 Å². The minimum Gasteiger partial charge on any atom is -0.488 e. The van der Waals surface area contributed by atoms with Crippen LogP contribution in [0.15, 0.2) is 24.3 Å². The Kier molecular flexibility index (Phi) is 4.69. The second kappa shape index (κ2) is 6.03. The molecule has 17 heavy (non-hydrogen) atoms. The number of benzene rings is 1. The van der Waals surface area contributed by atoms with Gasteiger partial charge in [-0.1, -0.05) is 13.0 Å². The highest BCUT2D eigenvalue weighted by atomic mass is 19.1. The van der Waals surface area contributed by atoms with E-state index in [4.69, 9.17) is 9.84 Å². The molecule has 0 aromatic heterocycles. The van der Waals surface area contributed by atoms with Crippen molar-refractivity contribution in [3.63, 3.8) is 0 Å². The van der Waals surface area contributed by atoms with Crippen LogP contribution in [0.25, 0.3) is 6.08 Å². The molecule has 4 heteroatoms. The van der Waals surface area contributed by atoms with Crippen molar-refractivity contribution in [3.8, 4) is 5.75 Å². The van der Waals surface area contributed by atoms with Crippen molar-refractivity contribution in [1.82, 2.24) is 0 Å². The third-order valence-electron chi connectivity index (χ3n) is 2.28. The molecule has 1 aromatic carbocycles. The Balaban J connectivity index is 2.82. The first-order valence-corrected chi connectivity index (χ1v) is 5.40. The Morgan fingerprint density at radius 3 is 2.82 bits per heavy atom. The van der Waals surface area contributed by atoms with E-state index < -0.39 is 11.8 Å². The van der Waals surface area contributed by atoms with Crippen LogP contribution >= 0.6 is 0 Å². The number of ether oxygens (including phenoxy) is 1. The highest BCUT2D eigenvalue weighted by Crippen LogP contribution is 2.20. The maximum atomic E-state index is 13.6. The van der Waals surface area contributed by atoms with Crippen LogP contribution in [0.5, 0.6) is 5.75 Å². The van der Waals surface area contributed by atoms with Crippen molar-refractivity contribution >= 4 is 12.0 Å². The highest BCUT2D eigenvalue weighted by molar-refractivity contribution is 5.85. The normalized spacial score (nSPS) is 12.6. The van der Waals surface area contributed by atoms with Gasteiger partial charge in [-0.05, 0) is 37.1 Å². The second-order valence-electron chi connectivity index (χ2n) is 3.70.